The largest absolute Gasteiger partial charge is 0.145 e. The van der Waals surface area contributed by atoms with E-state index in [1.165, 1.54) is 30.3 Å². The lowest BCUT2D eigenvalue weighted by atomic mass is 10.1. The molecule has 1 aromatic heterocycles. The summed E-state index contributed by atoms with van der Waals surface area (Å²) in [6.45, 7) is 0. The maximum Gasteiger partial charge on any atom is 0.145 e. The van der Waals surface area contributed by atoms with Crippen molar-refractivity contribution in [3.8, 4) is 0 Å². The minimum absolute atomic E-state index is 0.550. The highest BCUT2D eigenvalue weighted by molar-refractivity contribution is 8.08. The molecule has 0 bridgehead atoms. The summed E-state index contributed by atoms with van der Waals surface area (Å²) in [5.74, 6) is 0. The van der Waals surface area contributed by atoms with Gasteiger partial charge in [0.05, 0.1) is 18.9 Å². The summed E-state index contributed by atoms with van der Waals surface area (Å²) in [5.41, 5.74) is 3.02. The van der Waals surface area contributed by atoms with Gasteiger partial charge in [0.25, 0.3) is 0 Å². The van der Waals surface area contributed by atoms with Crippen LogP contribution in [-0.4, -0.2) is 0 Å². The van der Waals surface area contributed by atoms with Gasteiger partial charge >= 0.3 is 0 Å². The number of rotatable bonds is 0. The van der Waals surface area contributed by atoms with Gasteiger partial charge in [-0.2, -0.15) is 0 Å². The van der Waals surface area contributed by atoms with Crippen LogP contribution < -0.4 is 0 Å². The van der Waals surface area contributed by atoms with Crippen molar-refractivity contribution in [2.75, 3.05) is 0 Å². The molecule has 0 saturated carbocycles. The molecule has 2 aromatic carbocycles. The first-order chi connectivity index (χ1) is 9.81. The molecule has 0 fully saturated rings. The smallest absolute Gasteiger partial charge is 0.105 e. The lowest BCUT2D eigenvalue weighted by Gasteiger charge is -2.25. The molecule has 5 rings (SSSR count). The van der Waals surface area contributed by atoms with Gasteiger partial charge in [0.2, 0.25) is 0 Å². The van der Waals surface area contributed by atoms with Crippen molar-refractivity contribution in [3.05, 3.63) is 50.7 Å². The molecule has 2 aliphatic rings. The highest BCUT2D eigenvalue weighted by Gasteiger charge is 2.40. The molecule has 5 heteroatoms. The van der Waals surface area contributed by atoms with E-state index in [-0.39, 0.29) is 0 Å². The van der Waals surface area contributed by atoms with Gasteiger partial charge in [-0.05, 0) is 21.9 Å². The van der Waals surface area contributed by atoms with Crippen molar-refractivity contribution >= 4 is 69.2 Å². The second-order valence-corrected chi connectivity index (χ2v) is 10.9. The predicted molar refractivity (Wildman–Crippen MR) is 94.2 cm³/mol. The lowest BCUT2D eigenvalue weighted by Crippen LogP contribution is -2.01. The van der Waals surface area contributed by atoms with E-state index in [0.717, 1.165) is 3.14 Å². The van der Waals surface area contributed by atoms with Crippen LogP contribution in [0, 0.1) is 3.14 Å². The first-order valence-electron chi connectivity index (χ1n) is 6.30. The molecule has 3 aromatic rings. The average molecular weight is 349 g/mol. The molecule has 2 heterocycles. The van der Waals surface area contributed by atoms with Crippen LogP contribution in [0.5, 0.6) is 0 Å². The fourth-order valence-corrected chi connectivity index (χ4v) is 10.1. The molecule has 0 spiro atoms. The minimum Gasteiger partial charge on any atom is -0.105 e. The van der Waals surface area contributed by atoms with E-state index in [9.17, 15) is 0 Å². The van der Waals surface area contributed by atoms with E-state index in [0.29, 0.717) is 10.5 Å². The molecule has 20 heavy (non-hydrogen) atoms. The maximum absolute atomic E-state index is 5.36. The molecular formula is C15H8S5. The summed E-state index contributed by atoms with van der Waals surface area (Å²) in [6, 6.07) is 13.5. The number of fused-ring (bicyclic) bond motifs is 4. The third kappa shape index (κ3) is 1.58. The fourth-order valence-electron chi connectivity index (χ4n) is 3.08. The summed E-state index contributed by atoms with van der Waals surface area (Å²) in [4.78, 5) is 0. The lowest BCUT2D eigenvalue weighted by molar-refractivity contribution is 0.951. The Morgan fingerprint density at radius 1 is 0.800 bits per heavy atom. The fraction of sp³-hybridized carbons (Fsp3) is 0.133. The first-order valence-corrected chi connectivity index (χ1v) is 10.1. The second-order valence-electron chi connectivity index (χ2n) is 4.90. The Morgan fingerprint density at radius 2 is 1.35 bits per heavy atom. The highest BCUT2D eigenvalue weighted by atomic mass is 32.2. The minimum atomic E-state index is 0.550. The van der Waals surface area contributed by atoms with Gasteiger partial charge in [-0.15, -0.1) is 46.2 Å². The Balaban J connectivity index is 1.78. The Labute approximate surface area is 138 Å². The number of thioether (sulfide) groups is 2. The van der Waals surface area contributed by atoms with E-state index in [1.807, 2.05) is 23.5 Å². The number of hydrogen-bond donors (Lipinski definition) is 0. The Hall–Kier alpha value is -0.330. The van der Waals surface area contributed by atoms with E-state index in [2.05, 4.69) is 36.4 Å². The highest BCUT2D eigenvalue weighted by Crippen LogP contribution is 2.66. The predicted octanol–water partition coefficient (Wildman–Crippen LogP) is 6.69. The van der Waals surface area contributed by atoms with Gasteiger partial charge in [-0.3, -0.25) is 0 Å². The van der Waals surface area contributed by atoms with Crippen LogP contribution in [0.15, 0.2) is 44.8 Å². The van der Waals surface area contributed by atoms with Crippen LogP contribution in [0.25, 0.3) is 10.8 Å². The van der Waals surface area contributed by atoms with Gasteiger partial charge < -0.3 is 0 Å². The topological polar surface area (TPSA) is 0 Å². The molecule has 98 valence electrons. The molecule has 1 aliphatic carbocycles. The van der Waals surface area contributed by atoms with Crippen LogP contribution in [0.1, 0.15) is 21.6 Å². The standard InChI is InChI=1S/C15H8S5/c16-15-19-13-14(20-15)18-12-9-6-2-4-7-3-1-5-8(10(7)9)11(12)17-13/h1-6,11-12H/t11-,12+. The zero-order valence-electron chi connectivity index (χ0n) is 10.2. The van der Waals surface area contributed by atoms with Crippen LogP contribution >= 0.6 is 58.4 Å². The SMILES string of the molecule is S=c1sc2c(s1)S[C@H]1c3cccc4cccc(c34)[C@H]1S2. The van der Waals surface area contributed by atoms with Crippen molar-refractivity contribution in [1.29, 1.82) is 0 Å². The molecule has 0 radical (unpaired) electrons. The maximum atomic E-state index is 5.36. The molecular weight excluding hydrogens is 341 g/mol. The van der Waals surface area contributed by atoms with E-state index in [1.54, 1.807) is 22.7 Å². The van der Waals surface area contributed by atoms with Gasteiger partial charge in [-0.25, -0.2) is 0 Å². The van der Waals surface area contributed by atoms with Crippen LogP contribution in [0.3, 0.4) is 0 Å². The van der Waals surface area contributed by atoms with Crippen molar-refractivity contribution in [2.45, 2.75) is 18.9 Å². The summed E-state index contributed by atoms with van der Waals surface area (Å²) in [6.07, 6.45) is 0. The summed E-state index contributed by atoms with van der Waals surface area (Å²) < 4.78 is 3.91. The van der Waals surface area contributed by atoms with Crippen LogP contribution in [0.2, 0.25) is 0 Å². The number of benzene rings is 2. The molecule has 1 aliphatic heterocycles. The van der Waals surface area contributed by atoms with Gasteiger partial charge in [0.15, 0.2) is 0 Å². The zero-order valence-corrected chi connectivity index (χ0v) is 14.2. The second kappa shape index (κ2) is 4.34. The van der Waals surface area contributed by atoms with Gasteiger partial charge in [-0.1, -0.05) is 48.6 Å². The van der Waals surface area contributed by atoms with Gasteiger partial charge in [0, 0.05) is 0 Å². The van der Waals surface area contributed by atoms with Gasteiger partial charge in [0.1, 0.15) is 3.14 Å². The quantitative estimate of drug-likeness (QED) is 0.416. The van der Waals surface area contributed by atoms with Crippen molar-refractivity contribution < 1.29 is 0 Å². The van der Waals surface area contributed by atoms with Crippen molar-refractivity contribution in [3.63, 3.8) is 0 Å². The zero-order chi connectivity index (χ0) is 13.3. The van der Waals surface area contributed by atoms with Crippen molar-refractivity contribution in [2.24, 2.45) is 0 Å². The Bertz CT molecular complexity index is 837. The molecule has 0 N–H and O–H groups in total. The molecule has 0 saturated heterocycles. The molecule has 0 unspecified atom stereocenters. The first kappa shape index (κ1) is 12.2. The van der Waals surface area contributed by atoms with E-state index in [4.69, 9.17) is 12.2 Å². The summed E-state index contributed by atoms with van der Waals surface area (Å²) in [7, 11) is 0. The van der Waals surface area contributed by atoms with Crippen LogP contribution in [0.4, 0.5) is 0 Å². The van der Waals surface area contributed by atoms with E-state index < -0.39 is 0 Å². The van der Waals surface area contributed by atoms with Crippen molar-refractivity contribution in [1.82, 2.24) is 0 Å². The Morgan fingerprint density at radius 3 is 1.90 bits per heavy atom. The third-order valence-electron chi connectivity index (χ3n) is 3.84. The normalized spacial score (nSPS) is 22.8. The summed E-state index contributed by atoms with van der Waals surface area (Å²) in [5, 5.41) is 3.97. The monoisotopic (exact) mass is 348 g/mol. The average Bonchev–Trinajstić information content (AvgIpc) is 2.97. The number of hydrogen-bond acceptors (Lipinski definition) is 5. The third-order valence-corrected chi connectivity index (χ3v) is 10.1. The Kier molecular flexibility index (Phi) is 2.65. The molecule has 0 amide bonds. The van der Waals surface area contributed by atoms with E-state index >= 15 is 0 Å². The van der Waals surface area contributed by atoms with Crippen LogP contribution in [-0.2, 0) is 0 Å². The molecule has 0 nitrogen and oxygen atoms in total. The molecule has 2 atom stereocenters. The summed E-state index contributed by atoms with van der Waals surface area (Å²) >= 11 is 13.0.